The van der Waals surface area contributed by atoms with Crippen molar-refractivity contribution in [2.75, 3.05) is 27.2 Å². The van der Waals surface area contributed by atoms with E-state index in [1.165, 1.54) is 38.4 Å². The van der Waals surface area contributed by atoms with Crippen LogP contribution in [-0.2, 0) is 0 Å². The first-order valence-electron chi connectivity index (χ1n) is 9.14. The van der Waals surface area contributed by atoms with Crippen LogP contribution in [0.1, 0.15) is 19.3 Å². The van der Waals surface area contributed by atoms with Gasteiger partial charge in [0, 0.05) is 13.1 Å². The van der Waals surface area contributed by atoms with Crippen LogP contribution in [0, 0.1) is 5.92 Å². The zero-order valence-electron chi connectivity index (χ0n) is 15.3. The van der Waals surface area contributed by atoms with Crippen molar-refractivity contribution in [3.63, 3.8) is 0 Å². The fraction of sp³-hybridized carbons (Fsp3) is 0.579. The molecule has 1 saturated heterocycles. The topological polar surface area (TPSA) is 6.48 Å². The van der Waals surface area contributed by atoms with E-state index in [9.17, 15) is 0 Å². The molecule has 3 rings (SSSR count). The van der Waals surface area contributed by atoms with Crippen LogP contribution in [0.3, 0.4) is 0 Å². The summed E-state index contributed by atoms with van der Waals surface area (Å²) in [6, 6.07) is 12.7. The van der Waals surface area contributed by atoms with Gasteiger partial charge in [-0.15, -0.1) is 0 Å². The standard InChI is InChI=1S/C19H31BN2Si/c1-21-13-14-22(2)20(21)15-17-9-8-10-18(17)16-23(3,4)19-11-6-5-7-12-19/h5-7,11-12,15,18H,8-10,13-14,16H2,1-4H3. The maximum absolute atomic E-state index is 2.60. The second-order valence-electron chi connectivity index (χ2n) is 8.16. The summed E-state index contributed by atoms with van der Waals surface area (Å²) in [5.41, 5.74) is 1.74. The molecule has 0 N–H and O–H groups in total. The molecule has 1 unspecified atom stereocenters. The molecule has 1 saturated carbocycles. The van der Waals surface area contributed by atoms with E-state index in [2.05, 4.69) is 73.1 Å². The van der Waals surface area contributed by atoms with Crippen molar-refractivity contribution in [2.45, 2.75) is 38.4 Å². The third-order valence-corrected chi connectivity index (χ3v) is 9.34. The van der Waals surface area contributed by atoms with Gasteiger partial charge in [0.05, 0.1) is 8.07 Å². The highest BCUT2D eigenvalue weighted by molar-refractivity contribution is 6.89. The first-order chi connectivity index (χ1) is 11.0. The Morgan fingerprint density at radius 1 is 1.13 bits per heavy atom. The number of nitrogens with zero attached hydrogens (tertiary/aromatic N) is 2. The molecular formula is C19H31BN2Si. The van der Waals surface area contributed by atoms with Crippen molar-refractivity contribution in [2.24, 2.45) is 5.92 Å². The number of hydrogen-bond donors (Lipinski definition) is 0. The zero-order valence-corrected chi connectivity index (χ0v) is 16.3. The first-order valence-corrected chi connectivity index (χ1v) is 12.3. The average Bonchev–Trinajstić information content (AvgIpc) is 3.09. The lowest BCUT2D eigenvalue weighted by molar-refractivity contribution is 0.553. The molecule has 23 heavy (non-hydrogen) atoms. The van der Waals surface area contributed by atoms with Gasteiger partial charge in [0.15, 0.2) is 0 Å². The van der Waals surface area contributed by atoms with E-state index in [1.807, 2.05) is 0 Å². The van der Waals surface area contributed by atoms with Crippen molar-refractivity contribution >= 4 is 20.2 Å². The monoisotopic (exact) mass is 326 g/mol. The summed E-state index contributed by atoms with van der Waals surface area (Å²) in [5.74, 6) is 3.42. The summed E-state index contributed by atoms with van der Waals surface area (Å²) in [6.45, 7) is 8.00. The normalized spacial score (nSPS) is 25.7. The Morgan fingerprint density at radius 2 is 1.78 bits per heavy atom. The fourth-order valence-corrected chi connectivity index (χ4v) is 7.41. The Balaban J connectivity index is 1.74. The third kappa shape index (κ3) is 3.81. The summed E-state index contributed by atoms with van der Waals surface area (Å²) in [4.78, 5) is 4.98. The van der Waals surface area contributed by atoms with Crippen molar-refractivity contribution in [3.05, 3.63) is 41.9 Å². The van der Waals surface area contributed by atoms with Crippen LogP contribution in [0.2, 0.25) is 19.1 Å². The Morgan fingerprint density at radius 3 is 2.43 bits per heavy atom. The van der Waals surface area contributed by atoms with E-state index < -0.39 is 8.07 Å². The molecule has 0 bridgehead atoms. The maximum Gasteiger partial charge on any atom is 0.338 e. The molecule has 124 valence electrons. The minimum atomic E-state index is -1.34. The van der Waals surface area contributed by atoms with E-state index in [1.54, 1.807) is 10.8 Å². The number of rotatable bonds is 4. The summed E-state index contributed by atoms with van der Waals surface area (Å²) in [5, 5.41) is 1.61. The smallest absolute Gasteiger partial charge is 0.326 e. The van der Waals surface area contributed by atoms with Crippen molar-refractivity contribution in [1.29, 1.82) is 0 Å². The number of allylic oxidation sites excluding steroid dienone is 1. The predicted molar refractivity (Wildman–Crippen MR) is 105 cm³/mol. The Hall–Kier alpha value is -0.838. The lowest BCUT2D eigenvalue weighted by Gasteiger charge is -2.28. The molecule has 2 nitrogen and oxygen atoms in total. The number of benzene rings is 1. The highest BCUT2D eigenvalue weighted by Crippen LogP contribution is 2.37. The lowest BCUT2D eigenvalue weighted by Crippen LogP contribution is -2.43. The van der Waals surface area contributed by atoms with E-state index in [0.29, 0.717) is 6.98 Å². The summed E-state index contributed by atoms with van der Waals surface area (Å²) in [6.07, 6.45) is 4.10. The Kier molecular flexibility index (Phi) is 5.14. The van der Waals surface area contributed by atoms with Gasteiger partial charge in [-0.05, 0) is 45.3 Å². The molecule has 1 aromatic carbocycles. The van der Waals surface area contributed by atoms with Gasteiger partial charge in [0.2, 0.25) is 0 Å². The summed E-state index contributed by atoms with van der Waals surface area (Å²) in [7, 11) is 3.18. The van der Waals surface area contributed by atoms with E-state index in [0.717, 1.165) is 5.92 Å². The van der Waals surface area contributed by atoms with Gasteiger partial charge < -0.3 is 9.62 Å². The van der Waals surface area contributed by atoms with Crippen LogP contribution in [-0.4, -0.2) is 51.9 Å². The van der Waals surface area contributed by atoms with E-state index >= 15 is 0 Å². The van der Waals surface area contributed by atoms with Gasteiger partial charge in [-0.1, -0.05) is 60.2 Å². The molecule has 2 aliphatic rings. The highest BCUT2D eigenvalue weighted by Gasteiger charge is 2.34. The van der Waals surface area contributed by atoms with Crippen molar-refractivity contribution in [1.82, 2.24) is 9.62 Å². The second-order valence-corrected chi connectivity index (χ2v) is 12.9. The first kappa shape index (κ1) is 17.0. The van der Waals surface area contributed by atoms with Gasteiger partial charge >= 0.3 is 6.98 Å². The molecule has 1 aliphatic carbocycles. The molecule has 0 spiro atoms. The predicted octanol–water partition coefficient (Wildman–Crippen LogP) is 3.23. The van der Waals surface area contributed by atoms with Crippen molar-refractivity contribution in [3.8, 4) is 0 Å². The SMILES string of the molecule is CN1CCN(C)B1C=C1CCCC1C[Si](C)(C)c1ccccc1. The van der Waals surface area contributed by atoms with Gasteiger partial charge in [-0.2, -0.15) is 0 Å². The van der Waals surface area contributed by atoms with E-state index in [4.69, 9.17) is 0 Å². The lowest BCUT2D eigenvalue weighted by atomic mass is 9.71. The molecule has 1 aliphatic heterocycles. The van der Waals surface area contributed by atoms with Crippen LogP contribution in [0.15, 0.2) is 41.9 Å². The molecule has 4 heteroatoms. The van der Waals surface area contributed by atoms with Gasteiger partial charge in [0.25, 0.3) is 0 Å². The Bertz CT molecular complexity index is 548. The number of hydrogen-bond acceptors (Lipinski definition) is 2. The maximum atomic E-state index is 2.60. The molecule has 0 amide bonds. The van der Waals surface area contributed by atoms with Crippen molar-refractivity contribution < 1.29 is 0 Å². The quantitative estimate of drug-likeness (QED) is 0.784. The molecule has 1 aromatic rings. The summed E-state index contributed by atoms with van der Waals surface area (Å²) < 4.78 is 0. The van der Waals surface area contributed by atoms with Crippen LogP contribution >= 0.6 is 0 Å². The minimum Gasteiger partial charge on any atom is -0.326 e. The van der Waals surface area contributed by atoms with Crippen LogP contribution in [0.4, 0.5) is 0 Å². The third-order valence-electron chi connectivity index (χ3n) is 5.93. The molecule has 0 radical (unpaired) electrons. The van der Waals surface area contributed by atoms with Crippen LogP contribution < -0.4 is 5.19 Å². The summed E-state index contributed by atoms with van der Waals surface area (Å²) >= 11 is 0. The van der Waals surface area contributed by atoms with Crippen LogP contribution in [0.25, 0.3) is 0 Å². The average molecular weight is 326 g/mol. The van der Waals surface area contributed by atoms with Gasteiger partial charge in [-0.3, -0.25) is 0 Å². The molecule has 1 heterocycles. The van der Waals surface area contributed by atoms with E-state index in [-0.39, 0.29) is 0 Å². The zero-order chi connectivity index (χ0) is 16.4. The second kappa shape index (κ2) is 6.96. The fourth-order valence-electron chi connectivity index (χ4n) is 4.38. The minimum absolute atomic E-state index is 0.520. The van der Waals surface area contributed by atoms with Crippen LogP contribution in [0.5, 0.6) is 0 Å². The molecule has 0 aromatic heterocycles. The molecular weight excluding hydrogens is 295 g/mol. The Labute approximate surface area is 143 Å². The highest BCUT2D eigenvalue weighted by atomic mass is 28.3. The van der Waals surface area contributed by atoms with Gasteiger partial charge in [0.1, 0.15) is 0 Å². The molecule has 1 atom stereocenters. The number of likely N-dealkylation sites (N-methyl/N-ethyl adjacent to an activating group) is 2. The van der Waals surface area contributed by atoms with Gasteiger partial charge in [-0.25, -0.2) is 0 Å². The molecule has 2 fully saturated rings. The largest absolute Gasteiger partial charge is 0.338 e.